The maximum atomic E-state index is 2.75. The average Bonchev–Trinajstić information content (AvgIpc) is 2.26. The van der Waals surface area contributed by atoms with E-state index in [1.807, 2.05) is 0 Å². The number of nitrogens with zero attached hydrogens (tertiary/aromatic N) is 3. The standard InChI is InChI=1S/C16H33N3/c1-5-6-7-9-15-14-18(17-10-8-11-17)12-13-19(15)16(2,3)4/h15H,5-14H2,1-4H3. The number of piperazine rings is 1. The van der Waals surface area contributed by atoms with E-state index in [0.29, 0.717) is 5.54 Å². The van der Waals surface area contributed by atoms with E-state index in [2.05, 4.69) is 42.6 Å². The summed E-state index contributed by atoms with van der Waals surface area (Å²) in [6.45, 7) is 15.7. The summed E-state index contributed by atoms with van der Waals surface area (Å²) in [5, 5.41) is 5.19. The van der Waals surface area contributed by atoms with Gasteiger partial charge in [-0.2, -0.15) is 0 Å². The number of hydrogen-bond acceptors (Lipinski definition) is 3. The predicted octanol–water partition coefficient (Wildman–Crippen LogP) is 2.97. The zero-order chi connectivity index (χ0) is 13.9. The van der Waals surface area contributed by atoms with Gasteiger partial charge < -0.3 is 0 Å². The molecule has 0 aliphatic carbocycles. The molecule has 0 radical (unpaired) electrons. The number of rotatable bonds is 5. The van der Waals surface area contributed by atoms with Crippen LogP contribution in [0, 0.1) is 0 Å². The summed E-state index contributed by atoms with van der Waals surface area (Å²) in [6, 6.07) is 0.751. The molecule has 1 unspecified atom stereocenters. The van der Waals surface area contributed by atoms with Crippen LogP contribution in [-0.2, 0) is 0 Å². The molecule has 0 N–H and O–H groups in total. The molecule has 2 rings (SSSR count). The molecular weight excluding hydrogens is 234 g/mol. The van der Waals surface area contributed by atoms with Gasteiger partial charge in [-0.15, -0.1) is 0 Å². The van der Waals surface area contributed by atoms with Gasteiger partial charge in [0, 0.05) is 44.3 Å². The molecule has 112 valence electrons. The zero-order valence-electron chi connectivity index (χ0n) is 13.5. The van der Waals surface area contributed by atoms with Gasteiger partial charge in [-0.05, 0) is 33.6 Å². The SMILES string of the molecule is CCCCCC1CN(N2CCC2)CCN1C(C)(C)C. The van der Waals surface area contributed by atoms with E-state index in [4.69, 9.17) is 0 Å². The first-order chi connectivity index (χ1) is 9.02. The first-order valence-corrected chi connectivity index (χ1v) is 8.29. The van der Waals surface area contributed by atoms with Gasteiger partial charge in [0.25, 0.3) is 0 Å². The Morgan fingerprint density at radius 1 is 0.947 bits per heavy atom. The molecule has 3 heteroatoms. The van der Waals surface area contributed by atoms with Crippen LogP contribution in [0.2, 0.25) is 0 Å². The second-order valence-corrected chi connectivity index (χ2v) is 7.23. The van der Waals surface area contributed by atoms with Gasteiger partial charge in [0.15, 0.2) is 0 Å². The molecule has 2 heterocycles. The third-order valence-corrected chi connectivity index (χ3v) is 4.70. The summed E-state index contributed by atoms with van der Waals surface area (Å²) < 4.78 is 0. The monoisotopic (exact) mass is 267 g/mol. The van der Waals surface area contributed by atoms with Crippen LogP contribution in [0.25, 0.3) is 0 Å². The molecule has 0 spiro atoms. The van der Waals surface area contributed by atoms with Crippen LogP contribution in [0.1, 0.15) is 59.8 Å². The molecule has 2 saturated heterocycles. The molecule has 0 bridgehead atoms. The molecule has 19 heavy (non-hydrogen) atoms. The minimum atomic E-state index is 0.317. The Kier molecular flexibility index (Phi) is 5.27. The third kappa shape index (κ3) is 3.93. The topological polar surface area (TPSA) is 9.72 Å². The molecule has 2 aliphatic heterocycles. The fraction of sp³-hybridized carbons (Fsp3) is 1.00. The maximum Gasteiger partial charge on any atom is 0.0290 e. The smallest absolute Gasteiger partial charge is 0.0290 e. The van der Waals surface area contributed by atoms with E-state index < -0.39 is 0 Å². The van der Waals surface area contributed by atoms with Crippen molar-refractivity contribution in [3.05, 3.63) is 0 Å². The van der Waals surface area contributed by atoms with Gasteiger partial charge in [0.1, 0.15) is 0 Å². The Labute approximate surface area is 119 Å². The second-order valence-electron chi connectivity index (χ2n) is 7.23. The van der Waals surface area contributed by atoms with Crippen LogP contribution in [0.4, 0.5) is 0 Å². The largest absolute Gasteiger partial charge is 0.293 e. The van der Waals surface area contributed by atoms with E-state index in [-0.39, 0.29) is 0 Å². The van der Waals surface area contributed by atoms with Crippen molar-refractivity contribution in [3.63, 3.8) is 0 Å². The van der Waals surface area contributed by atoms with E-state index in [1.165, 1.54) is 64.8 Å². The normalized spacial score (nSPS) is 27.5. The molecule has 3 nitrogen and oxygen atoms in total. The lowest BCUT2D eigenvalue weighted by molar-refractivity contribution is -0.126. The lowest BCUT2D eigenvalue weighted by Gasteiger charge is -2.52. The van der Waals surface area contributed by atoms with Gasteiger partial charge in [-0.3, -0.25) is 4.90 Å². The van der Waals surface area contributed by atoms with Gasteiger partial charge >= 0.3 is 0 Å². The van der Waals surface area contributed by atoms with Crippen LogP contribution in [0.5, 0.6) is 0 Å². The average molecular weight is 267 g/mol. The zero-order valence-corrected chi connectivity index (χ0v) is 13.5. The number of unbranched alkanes of at least 4 members (excludes halogenated alkanes) is 2. The van der Waals surface area contributed by atoms with Crippen molar-refractivity contribution >= 4 is 0 Å². The van der Waals surface area contributed by atoms with Crippen molar-refractivity contribution in [3.8, 4) is 0 Å². The highest BCUT2D eigenvalue weighted by Gasteiger charge is 2.36. The van der Waals surface area contributed by atoms with E-state index >= 15 is 0 Å². The maximum absolute atomic E-state index is 2.75. The van der Waals surface area contributed by atoms with Crippen molar-refractivity contribution < 1.29 is 0 Å². The Morgan fingerprint density at radius 2 is 1.68 bits per heavy atom. The number of hydrazine groups is 1. The molecule has 1 atom stereocenters. The Hall–Kier alpha value is -0.120. The molecule has 0 amide bonds. The molecule has 0 aromatic carbocycles. The van der Waals surface area contributed by atoms with Crippen LogP contribution in [0.15, 0.2) is 0 Å². The van der Waals surface area contributed by atoms with Gasteiger partial charge in [0.05, 0.1) is 0 Å². The van der Waals surface area contributed by atoms with Crippen LogP contribution in [-0.4, -0.2) is 59.2 Å². The minimum absolute atomic E-state index is 0.317. The second kappa shape index (κ2) is 6.55. The summed E-state index contributed by atoms with van der Waals surface area (Å²) in [5.74, 6) is 0. The van der Waals surface area contributed by atoms with Crippen molar-refractivity contribution in [2.45, 2.75) is 71.4 Å². The highest BCUT2D eigenvalue weighted by molar-refractivity contribution is 4.89. The first-order valence-electron chi connectivity index (χ1n) is 8.29. The Bertz CT molecular complexity index is 268. The summed E-state index contributed by atoms with van der Waals surface area (Å²) in [4.78, 5) is 2.75. The summed E-state index contributed by atoms with van der Waals surface area (Å²) >= 11 is 0. The fourth-order valence-corrected chi connectivity index (χ4v) is 3.44. The summed E-state index contributed by atoms with van der Waals surface area (Å²) in [5.41, 5.74) is 0.317. The van der Waals surface area contributed by atoms with E-state index in [0.717, 1.165) is 6.04 Å². The lowest BCUT2D eigenvalue weighted by atomic mass is 9.97. The Morgan fingerprint density at radius 3 is 2.21 bits per heavy atom. The molecular formula is C16H33N3. The van der Waals surface area contributed by atoms with E-state index in [1.54, 1.807) is 0 Å². The van der Waals surface area contributed by atoms with Crippen molar-refractivity contribution in [2.75, 3.05) is 32.7 Å². The van der Waals surface area contributed by atoms with Crippen LogP contribution >= 0.6 is 0 Å². The van der Waals surface area contributed by atoms with Crippen LogP contribution < -0.4 is 0 Å². The van der Waals surface area contributed by atoms with Gasteiger partial charge in [-0.1, -0.05) is 26.2 Å². The van der Waals surface area contributed by atoms with Crippen molar-refractivity contribution in [1.82, 2.24) is 14.9 Å². The minimum Gasteiger partial charge on any atom is -0.293 e. The fourth-order valence-electron chi connectivity index (χ4n) is 3.44. The van der Waals surface area contributed by atoms with Gasteiger partial charge in [-0.25, -0.2) is 10.0 Å². The lowest BCUT2D eigenvalue weighted by Crippen LogP contribution is -2.64. The molecule has 0 aromatic rings. The molecule has 0 aromatic heterocycles. The third-order valence-electron chi connectivity index (χ3n) is 4.70. The first kappa shape index (κ1) is 15.3. The van der Waals surface area contributed by atoms with Crippen molar-refractivity contribution in [1.29, 1.82) is 0 Å². The highest BCUT2D eigenvalue weighted by atomic mass is 15.7. The Balaban J connectivity index is 1.92. The van der Waals surface area contributed by atoms with Crippen LogP contribution in [0.3, 0.4) is 0 Å². The predicted molar refractivity (Wildman–Crippen MR) is 82.2 cm³/mol. The highest BCUT2D eigenvalue weighted by Crippen LogP contribution is 2.26. The van der Waals surface area contributed by atoms with E-state index in [9.17, 15) is 0 Å². The molecule has 2 fully saturated rings. The van der Waals surface area contributed by atoms with Gasteiger partial charge in [0.2, 0.25) is 0 Å². The summed E-state index contributed by atoms with van der Waals surface area (Å²) in [6.07, 6.45) is 6.87. The molecule has 2 aliphatic rings. The number of hydrogen-bond donors (Lipinski definition) is 0. The summed E-state index contributed by atoms with van der Waals surface area (Å²) in [7, 11) is 0. The quantitative estimate of drug-likeness (QED) is 0.709. The molecule has 0 saturated carbocycles. The van der Waals surface area contributed by atoms with Crippen molar-refractivity contribution in [2.24, 2.45) is 0 Å².